The molecule has 100 valence electrons. The first-order chi connectivity index (χ1) is 9.04. The van der Waals surface area contributed by atoms with E-state index in [1.807, 2.05) is 19.1 Å². The molecule has 0 bridgehead atoms. The molecular formula is C14H15BrN2O2. The third-order valence-electron chi connectivity index (χ3n) is 2.65. The fourth-order valence-corrected chi connectivity index (χ4v) is 2.34. The molecule has 1 unspecified atom stereocenters. The van der Waals surface area contributed by atoms with Crippen molar-refractivity contribution in [3.8, 4) is 0 Å². The third kappa shape index (κ3) is 3.86. The van der Waals surface area contributed by atoms with Crippen LogP contribution in [-0.2, 0) is 6.42 Å². The average molecular weight is 323 g/mol. The number of amides is 1. The van der Waals surface area contributed by atoms with Gasteiger partial charge < -0.3 is 15.5 Å². The summed E-state index contributed by atoms with van der Waals surface area (Å²) in [5.74, 6) is 0.702. The highest BCUT2D eigenvalue weighted by Gasteiger charge is 2.12. The van der Waals surface area contributed by atoms with Crippen LogP contribution in [0.1, 0.15) is 23.0 Å². The minimum atomic E-state index is -0.146. The van der Waals surface area contributed by atoms with Crippen molar-refractivity contribution in [2.45, 2.75) is 19.4 Å². The van der Waals surface area contributed by atoms with E-state index in [0.29, 0.717) is 17.7 Å². The Morgan fingerprint density at radius 2 is 2.26 bits per heavy atom. The van der Waals surface area contributed by atoms with Gasteiger partial charge >= 0.3 is 0 Å². The maximum absolute atomic E-state index is 12.1. The second-order valence-electron chi connectivity index (χ2n) is 4.43. The molecule has 0 aliphatic rings. The molecule has 5 heteroatoms. The van der Waals surface area contributed by atoms with Crippen LogP contribution < -0.4 is 11.1 Å². The first-order valence-electron chi connectivity index (χ1n) is 5.94. The van der Waals surface area contributed by atoms with Gasteiger partial charge in [0.2, 0.25) is 0 Å². The van der Waals surface area contributed by atoms with Gasteiger partial charge in [-0.1, -0.05) is 15.9 Å². The molecule has 0 spiro atoms. The molecule has 2 aromatic rings. The molecular weight excluding hydrogens is 308 g/mol. The molecule has 4 nitrogen and oxygen atoms in total. The van der Waals surface area contributed by atoms with Gasteiger partial charge in [0.15, 0.2) is 0 Å². The van der Waals surface area contributed by atoms with E-state index in [1.165, 1.54) is 0 Å². The standard InChI is InChI=1S/C14H15BrN2O2/c1-9(5-13-3-2-4-19-13)17-14(18)10-6-11(15)8-12(16)7-10/h2-4,6-9H,5,16H2,1H3,(H,17,18). The fourth-order valence-electron chi connectivity index (χ4n) is 1.83. The monoisotopic (exact) mass is 322 g/mol. The van der Waals surface area contributed by atoms with E-state index in [-0.39, 0.29) is 11.9 Å². The summed E-state index contributed by atoms with van der Waals surface area (Å²) in [5, 5.41) is 2.91. The van der Waals surface area contributed by atoms with Gasteiger partial charge in [0.1, 0.15) is 5.76 Å². The Kier molecular flexibility index (Phi) is 4.27. The quantitative estimate of drug-likeness (QED) is 0.850. The molecule has 0 aliphatic heterocycles. The van der Waals surface area contributed by atoms with Gasteiger partial charge in [-0.25, -0.2) is 0 Å². The molecule has 1 aromatic carbocycles. The van der Waals surface area contributed by atoms with Crippen LogP contribution in [0.4, 0.5) is 5.69 Å². The molecule has 0 fully saturated rings. The Bertz CT molecular complexity index is 547. The Morgan fingerprint density at radius 3 is 2.89 bits per heavy atom. The molecule has 19 heavy (non-hydrogen) atoms. The number of furan rings is 1. The second kappa shape index (κ2) is 5.93. The average Bonchev–Trinajstić information content (AvgIpc) is 2.80. The van der Waals surface area contributed by atoms with Crippen molar-refractivity contribution >= 4 is 27.5 Å². The summed E-state index contributed by atoms with van der Waals surface area (Å²) in [6.45, 7) is 1.93. The van der Waals surface area contributed by atoms with Crippen LogP contribution in [0.2, 0.25) is 0 Å². The van der Waals surface area contributed by atoms with E-state index in [9.17, 15) is 4.79 Å². The van der Waals surface area contributed by atoms with Crippen LogP contribution in [0.15, 0.2) is 45.5 Å². The van der Waals surface area contributed by atoms with E-state index in [0.717, 1.165) is 10.2 Å². The summed E-state index contributed by atoms with van der Waals surface area (Å²) in [5.41, 5.74) is 6.81. The van der Waals surface area contributed by atoms with E-state index in [2.05, 4.69) is 21.2 Å². The number of hydrogen-bond acceptors (Lipinski definition) is 3. The van der Waals surface area contributed by atoms with Crippen molar-refractivity contribution < 1.29 is 9.21 Å². The molecule has 3 N–H and O–H groups in total. The lowest BCUT2D eigenvalue weighted by molar-refractivity contribution is 0.0939. The summed E-state index contributed by atoms with van der Waals surface area (Å²) >= 11 is 3.32. The van der Waals surface area contributed by atoms with E-state index < -0.39 is 0 Å². The number of rotatable bonds is 4. The van der Waals surface area contributed by atoms with Crippen LogP contribution in [-0.4, -0.2) is 11.9 Å². The van der Waals surface area contributed by atoms with Crippen molar-refractivity contribution in [2.75, 3.05) is 5.73 Å². The summed E-state index contributed by atoms with van der Waals surface area (Å²) < 4.78 is 6.04. The van der Waals surface area contributed by atoms with Gasteiger partial charge in [0.05, 0.1) is 6.26 Å². The van der Waals surface area contributed by atoms with Crippen LogP contribution in [0.25, 0.3) is 0 Å². The molecule has 0 saturated heterocycles. The number of nitrogens with one attached hydrogen (secondary N) is 1. The second-order valence-corrected chi connectivity index (χ2v) is 5.35. The van der Waals surface area contributed by atoms with Crippen LogP contribution in [0.5, 0.6) is 0 Å². The lowest BCUT2D eigenvalue weighted by Gasteiger charge is -2.13. The van der Waals surface area contributed by atoms with Gasteiger partial charge in [-0.15, -0.1) is 0 Å². The zero-order valence-corrected chi connectivity index (χ0v) is 12.1. The van der Waals surface area contributed by atoms with Gasteiger partial charge in [-0.3, -0.25) is 4.79 Å². The number of anilines is 1. The molecule has 0 radical (unpaired) electrons. The highest BCUT2D eigenvalue weighted by molar-refractivity contribution is 9.10. The minimum Gasteiger partial charge on any atom is -0.469 e. The molecule has 0 aliphatic carbocycles. The van der Waals surface area contributed by atoms with Gasteiger partial charge in [-0.2, -0.15) is 0 Å². The Morgan fingerprint density at radius 1 is 1.47 bits per heavy atom. The van der Waals surface area contributed by atoms with Crippen molar-refractivity contribution in [1.82, 2.24) is 5.32 Å². The number of benzene rings is 1. The smallest absolute Gasteiger partial charge is 0.251 e. The summed E-state index contributed by atoms with van der Waals surface area (Å²) in [4.78, 5) is 12.1. The molecule has 1 aromatic heterocycles. The lowest BCUT2D eigenvalue weighted by Crippen LogP contribution is -2.34. The molecule has 2 rings (SSSR count). The topological polar surface area (TPSA) is 68.3 Å². The predicted octanol–water partition coefficient (Wildman–Crippen LogP) is 2.99. The number of carbonyl (C=O) groups is 1. The highest BCUT2D eigenvalue weighted by Crippen LogP contribution is 2.17. The lowest BCUT2D eigenvalue weighted by atomic mass is 10.1. The number of nitrogen functional groups attached to an aromatic ring is 1. The van der Waals surface area contributed by atoms with Crippen molar-refractivity contribution in [3.63, 3.8) is 0 Å². The highest BCUT2D eigenvalue weighted by atomic mass is 79.9. The normalized spacial score (nSPS) is 12.1. The molecule has 1 heterocycles. The SMILES string of the molecule is CC(Cc1ccco1)NC(=O)c1cc(N)cc(Br)c1. The third-order valence-corrected chi connectivity index (χ3v) is 3.11. The summed E-state index contributed by atoms with van der Waals surface area (Å²) in [7, 11) is 0. The Balaban J connectivity index is 2.00. The Hall–Kier alpha value is -1.75. The van der Waals surface area contributed by atoms with Gasteiger partial charge in [-0.05, 0) is 37.3 Å². The number of halogens is 1. The van der Waals surface area contributed by atoms with Gasteiger partial charge in [0, 0.05) is 28.2 Å². The zero-order valence-electron chi connectivity index (χ0n) is 10.5. The number of carbonyl (C=O) groups excluding carboxylic acids is 1. The number of nitrogens with two attached hydrogens (primary N) is 1. The maximum atomic E-state index is 12.1. The minimum absolute atomic E-state index is 0.0149. The molecule has 1 atom stereocenters. The molecule has 0 saturated carbocycles. The van der Waals surface area contributed by atoms with Crippen molar-refractivity contribution in [1.29, 1.82) is 0 Å². The maximum Gasteiger partial charge on any atom is 0.251 e. The summed E-state index contributed by atoms with van der Waals surface area (Å²) in [6.07, 6.45) is 2.28. The van der Waals surface area contributed by atoms with Crippen molar-refractivity contribution in [3.05, 3.63) is 52.4 Å². The predicted molar refractivity (Wildman–Crippen MR) is 77.9 cm³/mol. The number of hydrogen-bond donors (Lipinski definition) is 2. The van der Waals surface area contributed by atoms with Crippen molar-refractivity contribution in [2.24, 2.45) is 0 Å². The largest absolute Gasteiger partial charge is 0.469 e. The van der Waals surface area contributed by atoms with Crippen LogP contribution in [0, 0.1) is 0 Å². The summed E-state index contributed by atoms with van der Waals surface area (Å²) in [6, 6.07) is 8.85. The van der Waals surface area contributed by atoms with E-state index in [1.54, 1.807) is 24.5 Å². The first kappa shape index (κ1) is 13.7. The Labute approximate surface area is 120 Å². The fraction of sp³-hybridized carbons (Fsp3) is 0.214. The first-order valence-corrected chi connectivity index (χ1v) is 6.73. The van der Waals surface area contributed by atoms with Crippen LogP contribution in [0.3, 0.4) is 0 Å². The molecule has 1 amide bonds. The van der Waals surface area contributed by atoms with E-state index in [4.69, 9.17) is 10.2 Å². The van der Waals surface area contributed by atoms with E-state index >= 15 is 0 Å². The van der Waals surface area contributed by atoms with Gasteiger partial charge in [0.25, 0.3) is 5.91 Å². The zero-order chi connectivity index (χ0) is 13.8. The van der Waals surface area contributed by atoms with Crippen LogP contribution >= 0.6 is 15.9 Å².